The standard InChI is InChI=1S/C24H29N3O2/c1-16-8-9-19(14-17(16)2)21-15-22(20-6-4-5-7-23(20)29)26-24(25-21)10-12-27(13-11-24)18(3)28/h4-9,14,22,26,29H,10-13,15H2,1-3H3/t22-/m0/s1. The number of likely N-dealkylation sites (tertiary alicyclic amines) is 1. The Hall–Kier alpha value is -2.66. The number of nitrogens with zero attached hydrogens (tertiary/aromatic N) is 2. The lowest BCUT2D eigenvalue weighted by Crippen LogP contribution is -2.56. The molecule has 1 saturated heterocycles. The Morgan fingerprint density at radius 2 is 1.86 bits per heavy atom. The fourth-order valence-electron chi connectivity index (χ4n) is 4.43. The van der Waals surface area contributed by atoms with Crippen LogP contribution in [0.2, 0.25) is 0 Å². The third kappa shape index (κ3) is 3.92. The highest BCUT2D eigenvalue weighted by molar-refractivity contribution is 6.02. The van der Waals surface area contributed by atoms with E-state index in [1.807, 2.05) is 23.1 Å². The van der Waals surface area contributed by atoms with Gasteiger partial charge in [-0.2, -0.15) is 0 Å². The lowest BCUT2D eigenvalue weighted by Gasteiger charge is -2.45. The minimum atomic E-state index is -0.411. The van der Waals surface area contributed by atoms with Crippen molar-refractivity contribution in [2.45, 2.75) is 51.7 Å². The maximum absolute atomic E-state index is 11.8. The number of para-hydroxylation sites is 1. The van der Waals surface area contributed by atoms with Crippen LogP contribution in [-0.2, 0) is 4.79 Å². The van der Waals surface area contributed by atoms with Gasteiger partial charge in [-0.25, -0.2) is 0 Å². The lowest BCUT2D eigenvalue weighted by atomic mass is 9.87. The molecule has 4 rings (SSSR count). The van der Waals surface area contributed by atoms with Gasteiger partial charge in [-0.1, -0.05) is 30.3 Å². The summed E-state index contributed by atoms with van der Waals surface area (Å²) in [6.07, 6.45) is 2.26. The van der Waals surface area contributed by atoms with Crippen LogP contribution < -0.4 is 5.32 Å². The third-order valence-electron chi connectivity index (χ3n) is 6.38. The maximum Gasteiger partial charge on any atom is 0.219 e. The van der Waals surface area contributed by atoms with Crippen LogP contribution in [0.25, 0.3) is 0 Å². The highest BCUT2D eigenvalue weighted by Crippen LogP contribution is 2.37. The molecule has 0 aromatic heterocycles. The van der Waals surface area contributed by atoms with E-state index in [0.29, 0.717) is 18.8 Å². The molecule has 1 spiro atoms. The van der Waals surface area contributed by atoms with Crippen molar-refractivity contribution < 1.29 is 9.90 Å². The number of hydrogen-bond donors (Lipinski definition) is 2. The highest BCUT2D eigenvalue weighted by atomic mass is 16.3. The van der Waals surface area contributed by atoms with E-state index in [1.165, 1.54) is 11.1 Å². The second-order valence-electron chi connectivity index (χ2n) is 8.36. The second kappa shape index (κ2) is 7.64. The monoisotopic (exact) mass is 391 g/mol. The van der Waals surface area contributed by atoms with Gasteiger partial charge < -0.3 is 10.0 Å². The minimum absolute atomic E-state index is 0.0193. The van der Waals surface area contributed by atoms with Crippen LogP contribution in [0, 0.1) is 13.8 Å². The van der Waals surface area contributed by atoms with Crippen LogP contribution in [-0.4, -0.2) is 40.4 Å². The van der Waals surface area contributed by atoms with E-state index in [1.54, 1.807) is 13.0 Å². The first kappa shape index (κ1) is 19.6. The van der Waals surface area contributed by atoms with Gasteiger partial charge >= 0.3 is 0 Å². The van der Waals surface area contributed by atoms with Crippen LogP contribution in [0.1, 0.15) is 54.5 Å². The summed E-state index contributed by atoms with van der Waals surface area (Å²) in [5.74, 6) is 0.425. The van der Waals surface area contributed by atoms with Gasteiger partial charge in [0.1, 0.15) is 11.4 Å². The largest absolute Gasteiger partial charge is 0.508 e. The van der Waals surface area contributed by atoms with E-state index >= 15 is 0 Å². The number of hydrogen-bond acceptors (Lipinski definition) is 4. The molecule has 1 amide bonds. The summed E-state index contributed by atoms with van der Waals surface area (Å²) in [6.45, 7) is 7.26. The first-order chi connectivity index (χ1) is 13.9. The van der Waals surface area contributed by atoms with Gasteiger partial charge in [-0.05, 0) is 42.7 Å². The van der Waals surface area contributed by atoms with Crippen molar-refractivity contribution in [1.82, 2.24) is 10.2 Å². The number of carbonyl (C=O) groups is 1. The van der Waals surface area contributed by atoms with Crippen LogP contribution in [0.3, 0.4) is 0 Å². The predicted molar refractivity (Wildman–Crippen MR) is 115 cm³/mol. The molecule has 29 heavy (non-hydrogen) atoms. The van der Waals surface area contributed by atoms with Gasteiger partial charge in [-0.15, -0.1) is 0 Å². The first-order valence-corrected chi connectivity index (χ1v) is 10.3. The predicted octanol–water partition coefficient (Wildman–Crippen LogP) is 3.87. The van der Waals surface area contributed by atoms with Crippen LogP contribution in [0.15, 0.2) is 47.5 Å². The molecule has 2 aromatic rings. The number of amides is 1. The number of nitrogens with one attached hydrogen (secondary N) is 1. The first-order valence-electron chi connectivity index (χ1n) is 10.3. The number of rotatable bonds is 2. The van der Waals surface area contributed by atoms with Crippen molar-refractivity contribution in [2.75, 3.05) is 13.1 Å². The number of aryl methyl sites for hydroxylation is 2. The summed E-state index contributed by atoms with van der Waals surface area (Å²) in [4.78, 5) is 18.9. The van der Waals surface area contributed by atoms with Gasteiger partial charge in [-0.3, -0.25) is 15.1 Å². The molecule has 0 aliphatic carbocycles. The van der Waals surface area contributed by atoms with Gasteiger partial charge in [0.2, 0.25) is 5.91 Å². The number of aliphatic imine (C=N–C) groups is 1. The topological polar surface area (TPSA) is 64.9 Å². The zero-order chi connectivity index (χ0) is 20.6. The van der Waals surface area contributed by atoms with Crippen LogP contribution in [0.4, 0.5) is 0 Å². The molecule has 2 heterocycles. The van der Waals surface area contributed by atoms with E-state index in [2.05, 4.69) is 37.4 Å². The molecule has 0 radical (unpaired) electrons. The number of piperidine rings is 1. The second-order valence-corrected chi connectivity index (χ2v) is 8.36. The Kier molecular flexibility index (Phi) is 5.17. The zero-order valence-electron chi connectivity index (χ0n) is 17.4. The minimum Gasteiger partial charge on any atom is -0.508 e. The summed E-state index contributed by atoms with van der Waals surface area (Å²) in [5.41, 5.74) is 5.22. The summed E-state index contributed by atoms with van der Waals surface area (Å²) >= 11 is 0. The van der Waals surface area contributed by atoms with Gasteiger partial charge in [0, 0.05) is 56.6 Å². The number of phenols is 1. The van der Waals surface area contributed by atoms with Crippen molar-refractivity contribution in [2.24, 2.45) is 4.99 Å². The fraction of sp³-hybridized carbons (Fsp3) is 0.417. The molecule has 152 valence electrons. The molecule has 2 aliphatic heterocycles. The van der Waals surface area contributed by atoms with Crippen LogP contribution >= 0.6 is 0 Å². The maximum atomic E-state index is 11.8. The number of benzene rings is 2. The highest BCUT2D eigenvalue weighted by Gasteiger charge is 2.41. The number of carbonyl (C=O) groups excluding carboxylic acids is 1. The quantitative estimate of drug-likeness (QED) is 0.817. The van der Waals surface area contributed by atoms with Crippen molar-refractivity contribution in [1.29, 1.82) is 0 Å². The summed E-state index contributed by atoms with van der Waals surface area (Å²) in [6, 6.07) is 14.0. The Labute approximate surface area is 172 Å². The van der Waals surface area contributed by atoms with E-state index < -0.39 is 5.66 Å². The molecular formula is C24H29N3O2. The Morgan fingerprint density at radius 3 is 2.52 bits per heavy atom. The van der Waals surface area contributed by atoms with Crippen molar-refractivity contribution >= 4 is 11.6 Å². The van der Waals surface area contributed by atoms with E-state index in [9.17, 15) is 9.90 Å². The van der Waals surface area contributed by atoms with E-state index in [0.717, 1.165) is 36.1 Å². The molecule has 1 atom stereocenters. The van der Waals surface area contributed by atoms with E-state index in [-0.39, 0.29) is 11.9 Å². The van der Waals surface area contributed by atoms with Crippen molar-refractivity contribution in [3.8, 4) is 5.75 Å². The fourth-order valence-corrected chi connectivity index (χ4v) is 4.43. The van der Waals surface area contributed by atoms with Gasteiger partial charge in [0.25, 0.3) is 0 Å². The molecule has 2 aliphatic rings. The average molecular weight is 392 g/mol. The molecule has 0 unspecified atom stereocenters. The molecule has 2 N–H and O–H groups in total. The summed E-state index contributed by atoms with van der Waals surface area (Å²) in [7, 11) is 0. The smallest absolute Gasteiger partial charge is 0.219 e. The van der Waals surface area contributed by atoms with Crippen molar-refractivity contribution in [3.05, 3.63) is 64.7 Å². The van der Waals surface area contributed by atoms with Gasteiger partial charge in [0.15, 0.2) is 0 Å². The Balaban J connectivity index is 1.72. The third-order valence-corrected chi connectivity index (χ3v) is 6.38. The molecule has 2 aromatic carbocycles. The molecule has 0 bridgehead atoms. The number of aromatic hydroxyl groups is 1. The van der Waals surface area contributed by atoms with Gasteiger partial charge in [0.05, 0.1) is 0 Å². The van der Waals surface area contributed by atoms with E-state index in [4.69, 9.17) is 4.99 Å². The molecule has 5 nitrogen and oxygen atoms in total. The normalized spacial score (nSPS) is 21.1. The number of phenolic OH excluding ortho intramolecular Hbond substituents is 1. The molecular weight excluding hydrogens is 362 g/mol. The molecule has 5 heteroatoms. The lowest BCUT2D eigenvalue weighted by molar-refractivity contribution is -0.130. The Morgan fingerprint density at radius 1 is 1.14 bits per heavy atom. The molecule has 1 fully saturated rings. The Bertz CT molecular complexity index is 958. The SMILES string of the molecule is CC(=O)N1CCC2(CC1)N=C(c1ccc(C)c(C)c1)C[C@@H](c1ccccc1O)N2. The summed E-state index contributed by atoms with van der Waals surface area (Å²) < 4.78 is 0. The van der Waals surface area contributed by atoms with Crippen LogP contribution in [0.5, 0.6) is 5.75 Å². The molecule has 0 saturated carbocycles. The summed E-state index contributed by atoms with van der Waals surface area (Å²) in [5, 5.41) is 14.2. The average Bonchev–Trinajstić information content (AvgIpc) is 2.70. The van der Waals surface area contributed by atoms with Crippen molar-refractivity contribution in [3.63, 3.8) is 0 Å². The zero-order valence-corrected chi connectivity index (χ0v) is 17.4.